The summed E-state index contributed by atoms with van der Waals surface area (Å²) in [5.41, 5.74) is 0.856. The van der Waals surface area contributed by atoms with Gasteiger partial charge in [-0.05, 0) is 24.3 Å². The van der Waals surface area contributed by atoms with E-state index in [-0.39, 0.29) is 0 Å². The Morgan fingerprint density at radius 3 is 1.50 bits per heavy atom. The molecule has 0 radical (unpaired) electrons. The van der Waals surface area contributed by atoms with Crippen LogP contribution >= 0.6 is 0 Å². The Hall–Kier alpha value is -2.64. The van der Waals surface area contributed by atoms with E-state index >= 15 is 0 Å². The van der Waals surface area contributed by atoms with E-state index in [1.165, 1.54) is 14.1 Å². The van der Waals surface area contributed by atoms with Gasteiger partial charge in [0.05, 0.1) is 0 Å². The summed E-state index contributed by atoms with van der Waals surface area (Å²) in [5, 5.41) is 11.6. The molecule has 0 heterocycles. The molecule has 18 heavy (non-hydrogen) atoms. The van der Waals surface area contributed by atoms with Crippen LogP contribution in [0.2, 0.25) is 0 Å². The minimum Gasteiger partial charge on any atom is -0.323 e. The predicted molar refractivity (Wildman–Crippen MR) is 64.2 cm³/mol. The minimum absolute atomic E-state index is 0.428. The zero-order chi connectivity index (χ0) is 13.4. The van der Waals surface area contributed by atoms with Gasteiger partial charge in [0.25, 0.3) is 0 Å². The van der Waals surface area contributed by atoms with Crippen LogP contribution in [-0.4, -0.2) is 37.7 Å². The lowest BCUT2D eigenvalue weighted by Gasteiger charge is -2.01. The molecule has 0 spiro atoms. The first kappa shape index (κ1) is 13.4. The molecule has 0 aromatic heterocycles. The van der Waals surface area contributed by atoms with Gasteiger partial charge in [0.2, 0.25) is 0 Å². The first-order valence-electron chi connectivity index (χ1n) is 4.95. The second-order valence-electron chi connectivity index (χ2n) is 2.96. The fourth-order valence-electron chi connectivity index (χ4n) is 0.854. The van der Waals surface area contributed by atoms with Gasteiger partial charge in [0.1, 0.15) is 11.4 Å². The van der Waals surface area contributed by atoms with Crippen LogP contribution in [0.4, 0.5) is 9.59 Å². The monoisotopic (exact) mass is 252 g/mol. The number of oxime groups is 2. The third-order valence-corrected chi connectivity index (χ3v) is 1.73. The van der Waals surface area contributed by atoms with Crippen molar-refractivity contribution in [3.8, 4) is 0 Å². The molecule has 8 heteroatoms. The van der Waals surface area contributed by atoms with Gasteiger partial charge in [-0.2, -0.15) is 0 Å². The molecule has 0 saturated carbocycles. The van der Waals surface area contributed by atoms with E-state index < -0.39 is 12.2 Å². The molecule has 1 aliphatic rings. The number of hydrogen-bond donors (Lipinski definition) is 2. The second kappa shape index (κ2) is 6.84. The van der Waals surface area contributed by atoms with Gasteiger partial charge in [0.15, 0.2) is 0 Å². The third-order valence-electron chi connectivity index (χ3n) is 1.73. The van der Waals surface area contributed by atoms with Crippen LogP contribution in [0.3, 0.4) is 0 Å². The van der Waals surface area contributed by atoms with Gasteiger partial charge in [-0.25, -0.2) is 9.59 Å². The number of allylic oxidation sites excluding steroid dienone is 4. The summed E-state index contributed by atoms with van der Waals surface area (Å²) in [4.78, 5) is 30.5. The van der Waals surface area contributed by atoms with Gasteiger partial charge in [0, 0.05) is 14.1 Å². The molecule has 0 atom stereocenters. The molecule has 2 amide bonds. The fourth-order valence-corrected chi connectivity index (χ4v) is 0.854. The van der Waals surface area contributed by atoms with Gasteiger partial charge in [-0.3, -0.25) is 9.68 Å². The zero-order valence-electron chi connectivity index (χ0n) is 9.84. The van der Waals surface area contributed by atoms with Crippen LogP contribution < -0.4 is 10.6 Å². The summed E-state index contributed by atoms with van der Waals surface area (Å²) in [6, 6.07) is 0. The molecule has 0 aliphatic heterocycles. The molecule has 0 aromatic rings. The number of rotatable bonds is 2. The molecule has 0 bridgehead atoms. The summed E-state index contributed by atoms with van der Waals surface area (Å²) in [6.45, 7) is 0. The lowest BCUT2D eigenvalue weighted by Crippen LogP contribution is -2.18. The topological polar surface area (TPSA) is 101 Å². The van der Waals surface area contributed by atoms with Crippen LogP contribution in [0.25, 0.3) is 0 Å². The average Bonchev–Trinajstić information content (AvgIpc) is 2.43. The average molecular weight is 252 g/mol. The van der Waals surface area contributed by atoms with Crippen LogP contribution in [0.15, 0.2) is 34.6 Å². The van der Waals surface area contributed by atoms with Crippen LogP contribution in [0, 0.1) is 0 Å². The van der Waals surface area contributed by atoms with Crippen molar-refractivity contribution in [3.63, 3.8) is 0 Å². The van der Waals surface area contributed by atoms with Crippen molar-refractivity contribution >= 4 is 23.6 Å². The van der Waals surface area contributed by atoms with Crippen LogP contribution in [0.1, 0.15) is 0 Å². The van der Waals surface area contributed by atoms with Gasteiger partial charge >= 0.3 is 12.2 Å². The molecule has 0 fully saturated rings. The maximum Gasteiger partial charge on any atom is 0.433 e. The van der Waals surface area contributed by atoms with Gasteiger partial charge in [-0.15, -0.1) is 0 Å². The lowest BCUT2D eigenvalue weighted by molar-refractivity contribution is 0.152. The number of nitrogens with one attached hydrogen (secondary N) is 2. The highest BCUT2D eigenvalue weighted by atomic mass is 16.7. The number of carbonyl (C=O) groups excluding carboxylic acids is 2. The van der Waals surface area contributed by atoms with Gasteiger partial charge < -0.3 is 10.6 Å². The highest BCUT2D eigenvalue weighted by molar-refractivity contribution is 6.18. The van der Waals surface area contributed by atoms with Crippen molar-refractivity contribution in [2.24, 2.45) is 10.3 Å². The predicted octanol–water partition coefficient (Wildman–Crippen LogP) is 0.536. The smallest absolute Gasteiger partial charge is 0.323 e. The molecule has 2 N–H and O–H groups in total. The number of nitrogens with zero attached hydrogens (tertiary/aromatic N) is 2. The number of hydrogen-bond acceptors (Lipinski definition) is 6. The largest absolute Gasteiger partial charge is 0.433 e. The number of carbonyl (C=O) groups is 2. The lowest BCUT2D eigenvalue weighted by atomic mass is 10.1. The van der Waals surface area contributed by atoms with Crippen molar-refractivity contribution in [1.82, 2.24) is 10.6 Å². The molecule has 0 saturated heterocycles. The summed E-state index contributed by atoms with van der Waals surface area (Å²) >= 11 is 0. The van der Waals surface area contributed by atoms with Crippen molar-refractivity contribution in [2.75, 3.05) is 14.1 Å². The third kappa shape index (κ3) is 4.47. The summed E-state index contributed by atoms with van der Waals surface area (Å²) in [5.74, 6) is 0. The molecule has 96 valence electrons. The Labute approximate surface area is 103 Å². The standard InChI is InChI=1S/C10H12N4O4/c1-11-9(15)17-13-7-3-5-8(6-4-7)14-18-10(16)12-2/h3-6H,1-2H3,(H,11,15)(H,12,16). The van der Waals surface area contributed by atoms with E-state index in [0.29, 0.717) is 11.4 Å². The van der Waals surface area contributed by atoms with E-state index in [4.69, 9.17) is 0 Å². The minimum atomic E-state index is -0.660. The number of amides is 2. The summed E-state index contributed by atoms with van der Waals surface area (Å²) in [7, 11) is 2.85. The second-order valence-corrected chi connectivity index (χ2v) is 2.96. The van der Waals surface area contributed by atoms with Crippen LogP contribution in [-0.2, 0) is 9.68 Å². The molecule has 1 aliphatic carbocycles. The molecule has 1 rings (SSSR count). The summed E-state index contributed by atoms with van der Waals surface area (Å²) < 4.78 is 0. The van der Waals surface area contributed by atoms with Crippen molar-refractivity contribution in [1.29, 1.82) is 0 Å². The molecule has 0 unspecified atom stereocenters. The van der Waals surface area contributed by atoms with Crippen molar-refractivity contribution in [3.05, 3.63) is 24.3 Å². The molecule has 0 aromatic carbocycles. The quantitative estimate of drug-likeness (QED) is 0.425. The first-order valence-corrected chi connectivity index (χ1v) is 4.95. The van der Waals surface area contributed by atoms with E-state index in [9.17, 15) is 9.59 Å². The Morgan fingerprint density at radius 1 is 0.889 bits per heavy atom. The molecular formula is C10H12N4O4. The first-order chi connectivity index (χ1) is 8.65. The van der Waals surface area contributed by atoms with Crippen molar-refractivity contribution in [2.45, 2.75) is 0 Å². The zero-order valence-corrected chi connectivity index (χ0v) is 9.84. The normalized spacial score (nSPS) is 12.8. The summed E-state index contributed by atoms with van der Waals surface area (Å²) in [6.07, 6.45) is 4.88. The van der Waals surface area contributed by atoms with Gasteiger partial charge in [-0.1, -0.05) is 10.3 Å². The maximum atomic E-state index is 10.8. The SMILES string of the molecule is CNC(=O)ON=C1C=CC(=NOC(=O)NC)C=C1. The van der Waals surface area contributed by atoms with Crippen LogP contribution in [0.5, 0.6) is 0 Å². The van der Waals surface area contributed by atoms with E-state index in [1.807, 2.05) is 0 Å². The Kier molecular flexibility index (Phi) is 5.10. The van der Waals surface area contributed by atoms with E-state index in [0.717, 1.165) is 0 Å². The maximum absolute atomic E-state index is 10.8. The molecular weight excluding hydrogens is 240 g/mol. The fraction of sp³-hybridized carbons (Fsp3) is 0.200. The Morgan fingerprint density at radius 2 is 1.22 bits per heavy atom. The van der Waals surface area contributed by atoms with Crippen molar-refractivity contribution < 1.29 is 19.3 Å². The Balaban J connectivity index is 2.53. The Bertz CT molecular complexity index is 393. The highest BCUT2D eigenvalue weighted by Crippen LogP contribution is 1.99. The van der Waals surface area contributed by atoms with E-state index in [1.54, 1.807) is 24.3 Å². The molecule has 8 nitrogen and oxygen atoms in total. The highest BCUT2D eigenvalue weighted by Gasteiger charge is 2.03. The van der Waals surface area contributed by atoms with E-state index in [2.05, 4.69) is 30.6 Å².